The SMILES string of the molecule is COc1cc(Cl)c(C)cc1Nc1cc(NCc2ccncc2)ncn1. The molecule has 128 valence electrons. The molecule has 0 spiro atoms. The molecule has 0 unspecified atom stereocenters. The van der Waals surface area contributed by atoms with E-state index in [0.29, 0.717) is 23.1 Å². The molecule has 0 amide bonds. The maximum atomic E-state index is 6.14. The van der Waals surface area contributed by atoms with Gasteiger partial charge in [-0.05, 0) is 36.2 Å². The molecular weight excluding hydrogens is 338 g/mol. The molecule has 6 nitrogen and oxygen atoms in total. The monoisotopic (exact) mass is 355 g/mol. The Balaban J connectivity index is 1.75. The third kappa shape index (κ3) is 4.36. The summed E-state index contributed by atoms with van der Waals surface area (Å²) >= 11 is 6.14. The van der Waals surface area contributed by atoms with Crippen LogP contribution in [0, 0.1) is 6.92 Å². The normalized spacial score (nSPS) is 10.4. The summed E-state index contributed by atoms with van der Waals surface area (Å²) in [7, 11) is 1.61. The number of nitrogens with one attached hydrogen (secondary N) is 2. The van der Waals surface area contributed by atoms with E-state index < -0.39 is 0 Å². The van der Waals surface area contributed by atoms with Gasteiger partial charge in [-0.3, -0.25) is 4.98 Å². The van der Waals surface area contributed by atoms with Crippen molar-refractivity contribution in [2.45, 2.75) is 13.5 Å². The summed E-state index contributed by atoms with van der Waals surface area (Å²) in [4.78, 5) is 12.5. The first kappa shape index (κ1) is 17.0. The van der Waals surface area contributed by atoms with E-state index in [0.717, 1.165) is 22.6 Å². The molecule has 2 aromatic heterocycles. The van der Waals surface area contributed by atoms with Gasteiger partial charge in [0.1, 0.15) is 23.7 Å². The van der Waals surface area contributed by atoms with Crippen molar-refractivity contribution >= 4 is 28.9 Å². The second kappa shape index (κ2) is 7.81. The van der Waals surface area contributed by atoms with Crippen LogP contribution in [-0.4, -0.2) is 22.1 Å². The Morgan fingerprint density at radius 3 is 2.60 bits per heavy atom. The van der Waals surface area contributed by atoms with Crippen molar-refractivity contribution in [2.75, 3.05) is 17.7 Å². The molecule has 0 atom stereocenters. The Morgan fingerprint density at radius 2 is 1.84 bits per heavy atom. The van der Waals surface area contributed by atoms with Crippen LogP contribution in [0.25, 0.3) is 0 Å². The zero-order valence-corrected chi connectivity index (χ0v) is 14.7. The molecule has 7 heteroatoms. The lowest BCUT2D eigenvalue weighted by atomic mass is 10.2. The van der Waals surface area contributed by atoms with Gasteiger partial charge in [0.2, 0.25) is 0 Å². The van der Waals surface area contributed by atoms with Crippen LogP contribution in [0.4, 0.5) is 17.3 Å². The highest BCUT2D eigenvalue weighted by Crippen LogP contribution is 2.32. The molecular formula is C18H18ClN5O. The molecule has 0 aliphatic heterocycles. The minimum absolute atomic E-state index is 0.653. The molecule has 0 fully saturated rings. The van der Waals surface area contributed by atoms with Crippen LogP contribution in [-0.2, 0) is 6.54 Å². The van der Waals surface area contributed by atoms with Crippen molar-refractivity contribution < 1.29 is 4.74 Å². The highest BCUT2D eigenvalue weighted by molar-refractivity contribution is 6.31. The molecule has 2 heterocycles. The Hall–Kier alpha value is -2.86. The van der Waals surface area contributed by atoms with E-state index >= 15 is 0 Å². The van der Waals surface area contributed by atoms with E-state index in [9.17, 15) is 0 Å². The largest absolute Gasteiger partial charge is 0.495 e. The van der Waals surface area contributed by atoms with Gasteiger partial charge in [0.25, 0.3) is 0 Å². The van der Waals surface area contributed by atoms with Crippen LogP contribution >= 0.6 is 11.6 Å². The van der Waals surface area contributed by atoms with Crippen molar-refractivity contribution in [3.63, 3.8) is 0 Å². The van der Waals surface area contributed by atoms with Gasteiger partial charge in [0.15, 0.2) is 0 Å². The maximum absolute atomic E-state index is 6.14. The van der Waals surface area contributed by atoms with Crippen LogP contribution in [0.2, 0.25) is 5.02 Å². The number of rotatable bonds is 6. The lowest BCUT2D eigenvalue weighted by Gasteiger charge is -2.13. The Bertz CT molecular complexity index is 857. The number of aryl methyl sites for hydroxylation is 1. The first-order chi connectivity index (χ1) is 12.2. The van der Waals surface area contributed by atoms with Gasteiger partial charge < -0.3 is 15.4 Å². The van der Waals surface area contributed by atoms with E-state index in [1.807, 2.05) is 31.2 Å². The van der Waals surface area contributed by atoms with Crippen molar-refractivity contribution in [1.82, 2.24) is 15.0 Å². The molecule has 3 aromatic rings. The average Bonchev–Trinajstić information content (AvgIpc) is 2.64. The smallest absolute Gasteiger partial charge is 0.143 e. The van der Waals surface area contributed by atoms with Crippen LogP contribution in [0.3, 0.4) is 0 Å². The van der Waals surface area contributed by atoms with Gasteiger partial charge in [-0.15, -0.1) is 0 Å². The minimum atomic E-state index is 0.653. The van der Waals surface area contributed by atoms with Gasteiger partial charge in [0.05, 0.1) is 12.8 Å². The van der Waals surface area contributed by atoms with E-state index in [4.69, 9.17) is 16.3 Å². The van der Waals surface area contributed by atoms with Gasteiger partial charge in [-0.25, -0.2) is 9.97 Å². The van der Waals surface area contributed by atoms with Crippen LogP contribution in [0.5, 0.6) is 5.75 Å². The Kier molecular flexibility index (Phi) is 5.30. The number of benzene rings is 1. The highest BCUT2D eigenvalue weighted by Gasteiger charge is 2.08. The third-order valence-corrected chi connectivity index (χ3v) is 4.04. The number of nitrogens with zero attached hydrogens (tertiary/aromatic N) is 3. The lowest BCUT2D eigenvalue weighted by Crippen LogP contribution is -2.03. The van der Waals surface area contributed by atoms with E-state index in [1.54, 1.807) is 25.6 Å². The van der Waals surface area contributed by atoms with Crippen LogP contribution < -0.4 is 15.4 Å². The fourth-order valence-electron chi connectivity index (χ4n) is 2.28. The van der Waals surface area contributed by atoms with E-state index in [-0.39, 0.29) is 0 Å². The Morgan fingerprint density at radius 1 is 1.08 bits per heavy atom. The predicted octanol–water partition coefficient (Wildman–Crippen LogP) is 4.20. The number of methoxy groups -OCH3 is 1. The average molecular weight is 356 g/mol. The van der Waals surface area contributed by atoms with E-state index in [1.165, 1.54) is 6.33 Å². The summed E-state index contributed by atoms with van der Waals surface area (Å²) < 4.78 is 5.38. The molecule has 25 heavy (non-hydrogen) atoms. The van der Waals surface area contributed by atoms with Crippen molar-refractivity contribution in [2.24, 2.45) is 0 Å². The summed E-state index contributed by atoms with van der Waals surface area (Å²) in [5.74, 6) is 2.03. The lowest BCUT2D eigenvalue weighted by molar-refractivity contribution is 0.416. The molecule has 1 aromatic carbocycles. The molecule has 0 saturated carbocycles. The second-order valence-corrected chi connectivity index (χ2v) is 5.83. The third-order valence-electron chi connectivity index (χ3n) is 3.63. The van der Waals surface area contributed by atoms with Crippen LogP contribution in [0.1, 0.15) is 11.1 Å². The van der Waals surface area contributed by atoms with Gasteiger partial charge in [-0.1, -0.05) is 11.6 Å². The zero-order chi connectivity index (χ0) is 17.6. The summed E-state index contributed by atoms with van der Waals surface area (Å²) in [5.41, 5.74) is 2.87. The van der Waals surface area contributed by atoms with Crippen LogP contribution in [0.15, 0.2) is 49.1 Å². The number of halogens is 1. The Labute approximate surface area is 151 Å². The molecule has 0 saturated heterocycles. The van der Waals surface area contributed by atoms with Gasteiger partial charge in [0, 0.05) is 36.1 Å². The van der Waals surface area contributed by atoms with Gasteiger partial charge in [-0.2, -0.15) is 0 Å². The number of aromatic nitrogens is 3. The first-order valence-electron chi connectivity index (χ1n) is 7.71. The summed E-state index contributed by atoms with van der Waals surface area (Å²) in [5, 5.41) is 7.17. The number of ether oxygens (including phenoxy) is 1. The van der Waals surface area contributed by atoms with Gasteiger partial charge >= 0.3 is 0 Å². The predicted molar refractivity (Wildman–Crippen MR) is 99.6 cm³/mol. The van der Waals surface area contributed by atoms with Crippen molar-refractivity contribution in [3.8, 4) is 5.75 Å². The molecule has 3 rings (SSSR count). The summed E-state index contributed by atoms with van der Waals surface area (Å²) in [6.07, 6.45) is 5.03. The topological polar surface area (TPSA) is 72.0 Å². The molecule has 0 aliphatic carbocycles. The molecule has 0 aliphatic rings. The zero-order valence-electron chi connectivity index (χ0n) is 14.0. The molecule has 2 N–H and O–H groups in total. The highest BCUT2D eigenvalue weighted by atomic mass is 35.5. The second-order valence-electron chi connectivity index (χ2n) is 5.42. The van der Waals surface area contributed by atoms with Crippen molar-refractivity contribution in [3.05, 3.63) is 65.2 Å². The van der Waals surface area contributed by atoms with E-state index in [2.05, 4.69) is 25.6 Å². The maximum Gasteiger partial charge on any atom is 0.143 e. The summed E-state index contributed by atoms with van der Waals surface area (Å²) in [6.45, 7) is 2.59. The number of hydrogen-bond donors (Lipinski definition) is 2. The quantitative estimate of drug-likeness (QED) is 0.690. The van der Waals surface area contributed by atoms with Crippen molar-refractivity contribution in [1.29, 1.82) is 0 Å². The number of pyridine rings is 1. The molecule has 0 radical (unpaired) electrons. The number of hydrogen-bond acceptors (Lipinski definition) is 6. The molecule has 0 bridgehead atoms. The fraction of sp³-hybridized carbons (Fsp3) is 0.167. The number of anilines is 3. The standard InChI is InChI=1S/C18H18ClN5O/c1-12-7-15(16(25-2)8-14(12)19)24-18-9-17(22-11-23-18)21-10-13-3-5-20-6-4-13/h3-9,11H,10H2,1-2H3,(H2,21,22,23,24). The first-order valence-corrected chi connectivity index (χ1v) is 8.09. The fourth-order valence-corrected chi connectivity index (χ4v) is 2.44. The summed E-state index contributed by atoms with van der Waals surface area (Å²) in [6, 6.07) is 9.45. The minimum Gasteiger partial charge on any atom is -0.495 e.